The van der Waals surface area contributed by atoms with Gasteiger partial charge < -0.3 is 18.3 Å². The van der Waals surface area contributed by atoms with Crippen molar-refractivity contribution in [3.63, 3.8) is 0 Å². The minimum Gasteiger partial charge on any atom is -0.438 e. The molecule has 6 nitrogen and oxygen atoms in total. The molecule has 1 aliphatic rings. The van der Waals surface area contributed by atoms with Crippen LogP contribution < -0.4 is 0 Å². The van der Waals surface area contributed by atoms with Gasteiger partial charge in [0.05, 0.1) is 0 Å². The zero-order valence-corrected chi connectivity index (χ0v) is 15.9. The Morgan fingerprint density at radius 1 is 0.778 bits per heavy atom. The summed E-state index contributed by atoms with van der Waals surface area (Å²) in [5.74, 6) is -0.0994. The molecule has 0 N–H and O–H groups in total. The molecule has 0 saturated carbocycles. The first-order chi connectivity index (χ1) is 12.9. The van der Waals surface area contributed by atoms with E-state index >= 15 is 0 Å². The lowest BCUT2D eigenvalue weighted by molar-refractivity contribution is -0.150. The van der Waals surface area contributed by atoms with Crippen LogP contribution in [-0.4, -0.2) is 15.8 Å². The van der Waals surface area contributed by atoms with Gasteiger partial charge in [-0.1, -0.05) is 23.2 Å². The molecule has 1 aliphatic heterocycles. The van der Waals surface area contributed by atoms with E-state index in [4.69, 9.17) is 41.5 Å². The Bertz CT molecular complexity index is 1080. The zero-order chi connectivity index (χ0) is 18.8. The van der Waals surface area contributed by atoms with Crippen molar-refractivity contribution in [2.45, 2.75) is 31.8 Å². The summed E-state index contributed by atoms with van der Waals surface area (Å²) in [6.07, 6.45) is -1.23. The second-order valence-electron chi connectivity index (χ2n) is 6.81. The molecule has 0 aliphatic carbocycles. The highest BCUT2D eigenvalue weighted by Crippen LogP contribution is 2.47. The van der Waals surface area contributed by atoms with Crippen molar-refractivity contribution in [1.29, 1.82) is 0 Å². The molecule has 5 rings (SSSR count). The van der Waals surface area contributed by atoms with Gasteiger partial charge in [0.2, 0.25) is 11.8 Å². The third-order valence-electron chi connectivity index (χ3n) is 4.32. The van der Waals surface area contributed by atoms with Crippen LogP contribution in [0.5, 0.6) is 0 Å². The fourth-order valence-corrected chi connectivity index (χ4v) is 3.54. The van der Waals surface area contributed by atoms with Crippen LogP contribution in [0.1, 0.15) is 37.8 Å². The maximum atomic E-state index is 6.04. The number of oxazole rings is 2. The average Bonchev–Trinajstić information content (AvgIpc) is 3.27. The molecule has 3 heterocycles. The summed E-state index contributed by atoms with van der Waals surface area (Å²) in [5, 5.41) is 1.16. The molecule has 2 aromatic heterocycles. The van der Waals surface area contributed by atoms with Gasteiger partial charge in [0.25, 0.3) is 0 Å². The predicted molar refractivity (Wildman–Crippen MR) is 99.8 cm³/mol. The van der Waals surface area contributed by atoms with Gasteiger partial charge in [-0.05, 0) is 50.2 Å². The van der Waals surface area contributed by atoms with Gasteiger partial charge >= 0.3 is 0 Å². The Morgan fingerprint density at radius 2 is 1.22 bits per heavy atom. The van der Waals surface area contributed by atoms with Gasteiger partial charge in [-0.15, -0.1) is 0 Å². The van der Waals surface area contributed by atoms with Crippen LogP contribution in [0.25, 0.3) is 22.2 Å². The largest absolute Gasteiger partial charge is 0.438 e. The van der Waals surface area contributed by atoms with Crippen LogP contribution >= 0.6 is 23.2 Å². The molecule has 1 saturated heterocycles. The Morgan fingerprint density at radius 3 is 1.67 bits per heavy atom. The maximum Gasteiger partial charge on any atom is 0.228 e. The fourth-order valence-electron chi connectivity index (χ4n) is 3.20. The van der Waals surface area contributed by atoms with E-state index in [2.05, 4.69) is 9.97 Å². The lowest BCUT2D eigenvalue weighted by atomic mass is 10.2. The molecule has 0 bridgehead atoms. The van der Waals surface area contributed by atoms with Gasteiger partial charge in [0.15, 0.2) is 29.2 Å². The minimum absolute atomic E-state index is 0.378. The van der Waals surface area contributed by atoms with Gasteiger partial charge in [0.1, 0.15) is 11.0 Å². The summed E-state index contributed by atoms with van der Waals surface area (Å²) in [6, 6.07) is 10.5. The number of hydrogen-bond donors (Lipinski definition) is 0. The molecule has 8 heteroatoms. The van der Waals surface area contributed by atoms with E-state index in [-0.39, 0.29) is 0 Å². The Hall–Kier alpha value is -2.12. The van der Waals surface area contributed by atoms with Gasteiger partial charge in [0, 0.05) is 10.0 Å². The molecule has 0 radical (unpaired) electrons. The molecule has 4 aromatic rings. The third kappa shape index (κ3) is 2.99. The first-order valence-electron chi connectivity index (χ1n) is 8.36. The highest BCUT2D eigenvalue weighted by molar-refractivity contribution is 6.31. The topological polar surface area (TPSA) is 70.5 Å². The molecule has 0 spiro atoms. The molecular weight excluding hydrogens is 391 g/mol. The molecule has 2 aromatic carbocycles. The monoisotopic (exact) mass is 404 g/mol. The maximum absolute atomic E-state index is 6.04. The lowest BCUT2D eigenvalue weighted by Gasteiger charge is -2.15. The normalized spacial score (nSPS) is 22.1. The Labute approximate surface area is 164 Å². The quantitative estimate of drug-likeness (QED) is 0.417. The van der Waals surface area contributed by atoms with Crippen molar-refractivity contribution in [1.82, 2.24) is 9.97 Å². The second kappa shape index (κ2) is 5.94. The van der Waals surface area contributed by atoms with E-state index in [9.17, 15) is 0 Å². The van der Waals surface area contributed by atoms with Crippen LogP contribution in [-0.2, 0) is 9.47 Å². The lowest BCUT2D eigenvalue weighted by Crippen LogP contribution is -2.20. The van der Waals surface area contributed by atoms with Crippen LogP contribution in [0, 0.1) is 0 Å². The highest BCUT2D eigenvalue weighted by Gasteiger charge is 2.48. The van der Waals surface area contributed by atoms with Crippen molar-refractivity contribution < 1.29 is 18.3 Å². The van der Waals surface area contributed by atoms with Crippen molar-refractivity contribution in [2.24, 2.45) is 0 Å². The van der Waals surface area contributed by atoms with E-state index in [0.717, 1.165) is 0 Å². The number of nitrogens with zero attached hydrogens (tertiary/aromatic N) is 2. The summed E-state index contributed by atoms with van der Waals surface area (Å²) in [4.78, 5) is 9.04. The summed E-state index contributed by atoms with van der Waals surface area (Å²) in [5.41, 5.74) is 2.53. The van der Waals surface area contributed by atoms with E-state index in [0.29, 0.717) is 44.0 Å². The summed E-state index contributed by atoms with van der Waals surface area (Å²) in [6.45, 7) is 3.64. The molecule has 1 fully saturated rings. The van der Waals surface area contributed by atoms with Gasteiger partial charge in [-0.3, -0.25) is 0 Å². The van der Waals surface area contributed by atoms with E-state index in [1.165, 1.54) is 0 Å². The first kappa shape index (κ1) is 17.0. The number of ether oxygens (including phenoxy) is 2. The first-order valence-corrected chi connectivity index (χ1v) is 9.11. The van der Waals surface area contributed by atoms with Crippen LogP contribution in [0.4, 0.5) is 0 Å². The Balaban J connectivity index is 1.59. The SMILES string of the molecule is CC1(C)O[C@@H](c2nc3cc(Cl)ccc3o2)[C@H](c2nc3cc(Cl)ccc3o2)O1. The number of fused-ring (bicyclic) bond motifs is 2. The molecule has 138 valence electrons. The molecule has 2 atom stereocenters. The minimum atomic E-state index is -0.855. The van der Waals surface area contributed by atoms with Crippen molar-refractivity contribution >= 4 is 45.4 Å². The predicted octanol–water partition coefficient (Wildman–Crippen LogP) is 5.84. The number of hydrogen-bond acceptors (Lipinski definition) is 6. The summed E-state index contributed by atoms with van der Waals surface area (Å²) < 4.78 is 23.8. The average molecular weight is 405 g/mol. The second-order valence-corrected chi connectivity index (χ2v) is 7.68. The zero-order valence-electron chi connectivity index (χ0n) is 14.4. The standard InChI is InChI=1S/C19H14Cl2N2O4/c1-19(2)26-15(17-22-11-7-9(20)3-5-13(11)24-17)16(27-19)18-23-12-8-10(21)4-6-14(12)25-18/h3-8,15-16H,1-2H3/t15-,16-/m1/s1. The number of aromatic nitrogens is 2. The third-order valence-corrected chi connectivity index (χ3v) is 4.79. The van der Waals surface area contributed by atoms with Crippen LogP contribution in [0.3, 0.4) is 0 Å². The summed E-state index contributed by atoms with van der Waals surface area (Å²) in [7, 11) is 0. The van der Waals surface area contributed by atoms with Crippen molar-refractivity contribution in [2.75, 3.05) is 0 Å². The van der Waals surface area contributed by atoms with Crippen molar-refractivity contribution in [3.8, 4) is 0 Å². The number of halogens is 2. The summed E-state index contributed by atoms with van der Waals surface area (Å²) >= 11 is 12.1. The molecule has 0 amide bonds. The van der Waals surface area contributed by atoms with E-state index in [1.54, 1.807) is 36.4 Å². The van der Waals surface area contributed by atoms with Gasteiger partial charge in [-0.2, -0.15) is 0 Å². The smallest absolute Gasteiger partial charge is 0.228 e. The van der Waals surface area contributed by atoms with Crippen molar-refractivity contribution in [3.05, 3.63) is 58.2 Å². The van der Waals surface area contributed by atoms with Gasteiger partial charge in [-0.25, -0.2) is 9.97 Å². The molecular formula is C19H14Cl2N2O4. The Kier molecular flexibility index (Phi) is 3.74. The van der Waals surface area contributed by atoms with E-state index < -0.39 is 18.0 Å². The van der Waals surface area contributed by atoms with Crippen LogP contribution in [0.2, 0.25) is 10.0 Å². The van der Waals surface area contributed by atoms with E-state index in [1.807, 2.05) is 13.8 Å². The molecule has 27 heavy (non-hydrogen) atoms. The van der Waals surface area contributed by atoms with Crippen LogP contribution in [0.15, 0.2) is 45.2 Å². The number of benzene rings is 2. The molecule has 0 unspecified atom stereocenters. The fraction of sp³-hybridized carbons (Fsp3) is 0.263. The number of rotatable bonds is 2. The highest BCUT2D eigenvalue weighted by atomic mass is 35.5.